The highest BCUT2D eigenvalue weighted by Crippen LogP contribution is 2.27. The van der Waals surface area contributed by atoms with E-state index in [1.165, 1.54) is 12.1 Å². The zero-order valence-electron chi connectivity index (χ0n) is 8.48. The zero-order valence-corrected chi connectivity index (χ0v) is 8.48. The Hall–Kier alpha value is -0.960. The first-order chi connectivity index (χ1) is 6.56. The topological polar surface area (TPSA) is 12.0 Å². The minimum Gasteiger partial charge on any atom is -0.311 e. The van der Waals surface area contributed by atoms with Crippen molar-refractivity contribution in [3.8, 4) is 0 Å². The number of likely N-dealkylation sites (N-methyl/N-ethyl adjacent to an activating group) is 1. The molecular formula is C11H15F2N. The summed E-state index contributed by atoms with van der Waals surface area (Å²) in [6, 6.07) is 6.46. The standard InChI is InChI=1S/C11H15F2N/c1-3-14-8-11(12,13)10-6-4-5-9(2)7-10/h4-7,14H,3,8H2,1-2H3. The fourth-order valence-electron chi connectivity index (χ4n) is 1.26. The number of alkyl halides is 2. The third kappa shape index (κ3) is 2.77. The van der Waals surface area contributed by atoms with Gasteiger partial charge in [-0.25, -0.2) is 0 Å². The molecule has 0 radical (unpaired) electrons. The Morgan fingerprint density at radius 1 is 1.36 bits per heavy atom. The van der Waals surface area contributed by atoms with Gasteiger partial charge in [0.05, 0.1) is 6.54 Å². The molecule has 0 bridgehead atoms. The van der Waals surface area contributed by atoms with E-state index in [-0.39, 0.29) is 12.1 Å². The lowest BCUT2D eigenvalue weighted by Crippen LogP contribution is -2.30. The van der Waals surface area contributed by atoms with Crippen molar-refractivity contribution in [2.45, 2.75) is 19.8 Å². The van der Waals surface area contributed by atoms with Crippen LogP contribution in [0, 0.1) is 6.92 Å². The summed E-state index contributed by atoms with van der Waals surface area (Å²) in [4.78, 5) is 0. The van der Waals surface area contributed by atoms with Gasteiger partial charge in [0.2, 0.25) is 0 Å². The van der Waals surface area contributed by atoms with Crippen LogP contribution < -0.4 is 5.32 Å². The number of aryl methyl sites for hydroxylation is 1. The molecule has 0 fully saturated rings. The fourth-order valence-corrected chi connectivity index (χ4v) is 1.26. The van der Waals surface area contributed by atoms with Gasteiger partial charge in [0.25, 0.3) is 5.92 Å². The smallest absolute Gasteiger partial charge is 0.285 e. The highest BCUT2D eigenvalue weighted by molar-refractivity contribution is 5.26. The van der Waals surface area contributed by atoms with E-state index in [9.17, 15) is 8.78 Å². The predicted octanol–water partition coefficient (Wildman–Crippen LogP) is 2.70. The van der Waals surface area contributed by atoms with Crippen molar-refractivity contribution in [3.05, 3.63) is 35.4 Å². The van der Waals surface area contributed by atoms with E-state index in [4.69, 9.17) is 0 Å². The molecule has 0 saturated heterocycles. The summed E-state index contributed by atoms with van der Waals surface area (Å²) in [6.45, 7) is 3.88. The number of rotatable bonds is 4. The third-order valence-corrected chi connectivity index (χ3v) is 2.04. The molecule has 0 atom stereocenters. The van der Waals surface area contributed by atoms with Crippen molar-refractivity contribution >= 4 is 0 Å². The molecule has 0 unspecified atom stereocenters. The first kappa shape index (κ1) is 11.1. The average molecular weight is 199 g/mol. The molecule has 1 aromatic rings. The Morgan fingerprint density at radius 3 is 2.64 bits per heavy atom. The van der Waals surface area contributed by atoms with Crippen molar-refractivity contribution in [2.75, 3.05) is 13.1 Å². The average Bonchev–Trinajstić information content (AvgIpc) is 2.15. The molecule has 1 N–H and O–H groups in total. The summed E-state index contributed by atoms with van der Waals surface area (Å²) in [5, 5.41) is 2.66. The monoisotopic (exact) mass is 199 g/mol. The normalized spacial score (nSPS) is 11.7. The quantitative estimate of drug-likeness (QED) is 0.786. The van der Waals surface area contributed by atoms with Crippen LogP contribution in [-0.4, -0.2) is 13.1 Å². The second-order valence-corrected chi connectivity index (χ2v) is 3.35. The van der Waals surface area contributed by atoms with E-state index >= 15 is 0 Å². The van der Waals surface area contributed by atoms with Gasteiger partial charge in [0.15, 0.2) is 0 Å². The van der Waals surface area contributed by atoms with Gasteiger partial charge in [-0.2, -0.15) is 8.78 Å². The molecule has 0 aliphatic rings. The summed E-state index contributed by atoms with van der Waals surface area (Å²) in [6.07, 6.45) is 0. The molecule has 1 nitrogen and oxygen atoms in total. The van der Waals surface area contributed by atoms with Gasteiger partial charge in [0, 0.05) is 5.56 Å². The van der Waals surface area contributed by atoms with Gasteiger partial charge in [-0.15, -0.1) is 0 Å². The molecule has 14 heavy (non-hydrogen) atoms. The lowest BCUT2D eigenvalue weighted by molar-refractivity contribution is -0.00265. The largest absolute Gasteiger partial charge is 0.311 e. The molecule has 1 rings (SSSR count). The predicted molar refractivity (Wildman–Crippen MR) is 53.6 cm³/mol. The van der Waals surface area contributed by atoms with Crippen molar-refractivity contribution in [1.82, 2.24) is 5.32 Å². The Balaban J connectivity index is 2.80. The van der Waals surface area contributed by atoms with E-state index in [0.717, 1.165) is 5.56 Å². The fraction of sp³-hybridized carbons (Fsp3) is 0.455. The molecule has 78 valence electrons. The van der Waals surface area contributed by atoms with Crippen LogP contribution in [0.3, 0.4) is 0 Å². The molecule has 0 amide bonds. The van der Waals surface area contributed by atoms with Crippen LogP contribution in [0.25, 0.3) is 0 Å². The summed E-state index contributed by atoms with van der Waals surface area (Å²) in [7, 11) is 0. The van der Waals surface area contributed by atoms with Crippen LogP contribution in [0.4, 0.5) is 8.78 Å². The molecule has 0 aliphatic heterocycles. The van der Waals surface area contributed by atoms with Crippen molar-refractivity contribution in [1.29, 1.82) is 0 Å². The summed E-state index contributed by atoms with van der Waals surface area (Å²) >= 11 is 0. The zero-order chi connectivity index (χ0) is 10.6. The van der Waals surface area contributed by atoms with Gasteiger partial charge in [-0.3, -0.25) is 0 Å². The first-order valence-electron chi connectivity index (χ1n) is 4.72. The second-order valence-electron chi connectivity index (χ2n) is 3.35. The lowest BCUT2D eigenvalue weighted by atomic mass is 10.1. The van der Waals surface area contributed by atoms with Gasteiger partial charge in [-0.05, 0) is 13.5 Å². The Kier molecular flexibility index (Phi) is 3.58. The molecule has 3 heteroatoms. The minimum atomic E-state index is -2.78. The Bertz CT molecular complexity index is 297. The highest BCUT2D eigenvalue weighted by atomic mass is 19.3. The molecule has 0 aliphatic carbocycles. The maximum absolute atomic E-state index is 13.5. The van der Waals surface area contributed by atoms with Crippen molar-refractivity contribution < 1.29 is 8.78 Å². The molecular weight excluding hydrogens is 184 g/mol. The Morgan fingerprint density at radius 2 is 2.07 bits per heavy atom. The number of halogens is 2. The van der Waals surface area contributed by atoms with Gasteiger partial charge in [0.1, 0.15) is 0 Å². The number of hydrogen-bond acceptors (Lipinski definition) is 1. The van der Waals surface area contributed by atoms with Crippen LogP contribution in [0.15, 0.2) is 24.3 Å². The maximum atomic E-state index is 13.5. The summed E-state index contributed by atoms with van der Waals surface area (Å²) in [5.74, 6) is -2.78. The van der Waals surface area contributed by atoms with Crippen molar-refractivity contribution in [2.24, 2.45) is 0 Å². The molecule has 1 aromatic carbocycles. The summed E-state index contributed by atoms with van der Waals surface area (Å²) in [5.41, 5.74) is 0.942. The maximum Gasteiger partial charge on any atom is 0.285 e. The highest BCUT2D eigenvalue weighted by Gasteiger charge is 2.30. The Labute approximate surface area is 83.1 Å². The number of benzene rings is 1. The molecule has 0 saturated carbocycles. The van der Waals surface area contributed by atoms with Crippen LogP contribution in [0.5, 0.6) is 0 Å². The van der Waals surface area contributed by atoms with E-state index in [0.29, 0.717) is 6.54 Å². The van der Waals surface area contributed by atoms with Crippen LogP contribution in [0.1, 0.15) is 18.1 Å². The molecule has 0 aromatic heterocycles. The van der Waals surface area contributed by atoms with E-state index in [1.807, 2.05) is 19.9 Å². The summed E-state index contributed by atoms with van der Waals surface area (Å²) < 4.78 is 26.9. The van der Waals surface area contributed by atoms with Gasteiger partial charge in [-0.1, -0.05) is 36.8 Å². The first-order valence-corrected chi connectivity index (χ1v) is 4.72. The van der Waals surface area contributed by atoms with E-state index in [2.05, 4.69) is 5.32 Å². The van der Waals surface area contributed by atoms with Gasteiger partial charge >= 0.3 is 0 Å². The number of hydrogen-bond donors (Lipinski definition) is 1. The molecule has 0 spiro atoms. The lowest BCUT2D eigenvalue weighted by Gasteiger charge is -2.17. The van der Waals surface area contributed by atoms with Crippen LogP contribution in [-0.2, 0) is 5.92 Å². The third-order valence-electron chi connectivity index (χ3n) is 2.04. The van der Waals surface area contributed by atoms with Crippen molar-refractivity contribution in [3.63, 3.8) is 0 Å². The number of nitrogens with one attached hydrogen (secondary N) is 1. The molecule has 0 heterocycles. The van der Waals surface area contributed by atoms with Gasteiger partial charge < -0.3 is 5.32 Å². The van der Waals surface area contributed by atoms with E-state index < -0.39 is 5.92 Å². The second kappa shape index (κ2) is 4.51. The SMILES string of the molecule is CCNCC(F)(F)c1cccc(C)c1. The minimum absolute atomic E-state index is 0.0819. The van der Waals surface area contributed by atoms with Crippen LogP contribution >= 0.6 is 0 Å². The van der Waals surface area contributed by atoms with E-state index in [1.54, 1.807) is 6.07 Å². The van der Waals surface area contributed by atoms with Crippen LogP contribution in [0.2, 0.25) is 0 Å².